The Morgan fingerprint density at radius 2 is 2.03 bits per heavy atom. The number of hydrogen-bond acceptors (Lipinski definition) is 6. The third-order valence-corrected chi connectivity index (χ3v) is 8.49. The summed E-state index contributed by atoms with van der Waals surface area (Å²) in [5.41, 5.74) is 0. The van der Waals surface area contributed by atoms with Crippen LogP contribution >= 0.6 is 0 Å². The summed E-state index contributed by atoms with van der Waals surface area (Å²) in [5.74, 6) is 1.55. The second-order valence-corrected chi connectivity index (χ2v) is 10.5. The second-order valence-electron chi connectivity index (χ2n) is 8.24. The molecule has 164 valence electrons. The van der Waals surface area contributed by atoms with Gasteiger partial charge in [-0.05, 0) is 70.0 Å². The minimum absolute atomic E-state index is 0.0222. The lowest BCUT2D eigenvalue weighted by Gasteiger charge is -2.36. The molecule has 2 aliphatic heterocycles. The van der Waals surface area contributed by atoms with E-state index in [1.165, 1.54) is 33.0 Å². The summed E-state index contributed by atoms with van der Waals surface area (Å²) >= 11 is 0. The van der Waals surface area contributed by atoms with E-state index >= 15 is 0 Å². The van der Waals surface area contributed by atoms with Crippen LogP contribution in [0.5, 0.6) is 11.5 Å². The van der Waals surface area contributed by atoms with Crippen molar-refractivity contribution in [3.63, 3.8) is 0 Å². The molecule has 1 saturated heterocycles. The fourth-order valence-corrected chi connectivity index (χ4v) is 6.33. The average Bonchev–Trinajstić information content (AvgIpc) is 3.27. The van der Waals surface area contributed by atoms with E-state index in [-0.39, 0.29) is 10.8 Å². The van der Waals surface area contributed by atoms with Crippen molar-refractivity contribution < 1.29 is 22.6 Å². The molecule has 6 nitrogen and oxygen atoms in total. The number of nitrogens with zero attached hydrogens (tertiary/aromatic N) is 1. The van der Waals surface area contributed by atoms with Crippen LogP contribution in [0.1, 0.15) is 32.6 Å². The summed E-state index contributed by atoms with van der Waals surface area (Å²) in [5, 5.41) is -0.660. The molecule has 1 aromatic carbocycles. The van der Waals surface area contributed by atoms with Gasteiger partial charge in [0.2, 0.25) is 0 Å². The van der Waals surface area contributed by atoms with Gasteiger partial charge in [-0.1, -0.05) is 12.1 Å². The summed E-state index contributed by atoms with van der Waals surface area (Å²) in [6, 6.07) is 5.11. The van der Waals surface area contributed by atoms with E-state index < -0.39 is 21.2 Å². The third kappa shape index (κ3) is 4.23. The molecule has 0 amide bonds. The highest BCUT2D eigenvalue weighted by atomic mass is 32.2. The van der Waals surface area contributed by atoms with Gasteiger partial charge in [-0.2, -0.15) is 0 Å². The van der Waals surface area contributed by atoms with Gasteiger partial charge in [0, 0.05) is 12.5 Å². The zero-order valence-corrected chi connectivity index (χ0v) is 18.6. The molecule has 4 rings (SSSR count). The number of likely N-dealkylation sites (tertiary alicyclic amines) is 1. The quantitative estimate of drug-likeness (QED) is 0.613. The molecule has 0 saturated carbocycles. The van der Waals surface area contributed by atoms with Crippen molar-refractivity contribution in [2.24, 2.45) is 5.92 Å². The van der Waals surface area contributed by atoms with E-state index in [4.69, 9.17) is 14.2 Å². The molecule has 3 atom stereocenters. The summed E-state index contributed by atoms with van der Waals surface area (Å²) in [6.45, 7) is 5.93. The second kappa shape index (κ2) is 9.02. The average molecular weight is 434 g/mol. The highest BCUT2D eigenvalue weighted by molar-refractivity contribution is 7.92. The molecular weight excluding hydrogens is 402 g/mol. The van der Waals surface area contributed by atoms with Crippen molar-refractivity contribution in [3.8, 4) is 11.5 Å². The summed E-state index contributed by atoms with van der Waals surface area (Å²) in [7, 11) is -2.07. The lowest BCUT2D eigenvalue weighted by Crippen LogP contribution is -2.44. The number of sulfone groups is 1. The van der Waals surface area contributed by atoms with Crippen molar-refractivity contribution in [1.29, 1.82) is 0 Å². The van der Waals surface area contributed by atoms with Gasteiger partial charge in [-0.15, -0.1) is 0 Å². The van der Waals surface area contributed by atoms with Crippen molar-refractivity contribution in [2.45, 2.75) is 48.9 Å². The predicted octanol–water partition coefficient (Wildman–Crippen LogP) is 3.58. The first-order valence-electron chi connectivity index (χ1n) is 10.8. The first kappa shape index (κ1) is 21.2. The molecule has 1 fully saturated rings. The lowest BCUT2D eigenvalue weighted by molar-refractivity contribution is 0.138. The van der Waals surface area contributed by atoms with Gasteiger partial charge in [0.05, 0.1) is 13.7 Å². The topological polar surface area (TPSA) is 65.1 Å². The van der Waals surface area contributed by atoms with Crippen LogP contribution < -0.4 is 9.47 Å². The predicted molar refractivity (Wildman–Crippen MR) is 116 cm³/mol. The van der Waals surface area contributed by atoms with Gasteiger partial charge in [0.1, 0.15) is 28.6 Å². The Morgan fingerprint density at radius 3 is 2.73 bits per heavy atom. The van der Waals surface area contributed by atoms with Crippen LogP contribution in [0.3, 0.4) is 0 Å². The smallest absolute Gasteiger partial charge is 0.191 e. The monoisotopic (exact) mass is 433 g/mol. The highest BCUT2D eigenvalue weighted by Crippen LogP contribution is 2.43. The molecule has 1 unspecified atom stereocenters. The first-order valence-corrected chi connectivity index (χ1v) is 12.4. The molecule has 30 heavy (non-hydrogen) atoms. The van der Waals surface area contributed by atoms with E-state index in [2.05, 4.69) is 4.90 Å². The molecule has 7 heteroatoms. The van der Waals surface area contributed by atoms with E-state index in [1.807, 2.05) is 18.2 Å². The minimum atomic E-state index is -3.54. The zero-order valence-electron chi connectivity index (χ0n) is 17.7. The van der Waals surface area contributed by atoms with Gasteiger partial charge in [-0.3, -0.25) is 0 Å². The number of ether oxygens (including phenoxy) is 3. The Hall–Kier alpha value is -1.99. The van der Waals surface area contributed by atoms with Crippen molar-refractivity contribution in [2.75, 3.05) is 33.4 Å². The molecule has 2 heterocycles. The van der Waals surface area contributed by atoms with Crippen molar-refractivity contribution in [1.82, 2.24) is 4.90 Å². The molecule has 0 N–H and O–H groups in total. The Morgan fingerprint density at radius 1 is 1.23 bits per heavy atom. The van der Waals surface area contributed by atoms with Crippen LogP contribution in [0.4, 0.5) is 0 Å². The maximum absolute atomic E-state index is 13.2. The summed E-state index contributed by atoms with van der Waals surface area (Å²) in [4.78, 5) is 2.65. The highest BCUT2D eigenvalue weighted by Gasteiger charge is 2.44. The van der Waals surface area contributed by atoms with Gasteiger partial charge >= 0.3 is 0 Å². The van der Waals surface area contributed by atoms with Gasteiger partial charge < -0.3 is 19.1 Å². The van der Waals surface area contributed by atoms with Crippen LogP contribution in [0.15, 0.2) is 47.1 Å². The van der Waals surface area contributed by atoms with Crippen LogP contribution in [0.2, 0.25) is 0 Å². The standard InChI is InChI=1S/C23H31NO5S/c1-17-22(29-21-8-5-7-20(27-2)23(21)30(17,25)26)18-9-11-19(12-10-18)28-16-6-15-24-13-3-4-14-24/h5,7-9,11-12,17-18,22H,3-4,6,10,13-16H2,1-2H3/t17-,18?,22+/m0/s1. The van der Waals surface area contributed by atoms with Gasteiger partial charge in [0.25, 0.3) is 0 Å². The van der Waals surface area contributed by atoms with Crippen LogP contribution in [0.25, 0.3) is 0 Å². The van der Waals surface area contributed by atoms with E-state index in [9.17, 15) is 8.42 Å². The number of allylic oxidation sites excluding steroid dienone is 2. The Balaban J connectivity index is 1.37. The number of benzene rings is 1. The van der Waals surface area contributed by atoms with Crippen LogP contribution in [-0.4, -0.2) is 58.0 Å². The van der Waals surface area contributed by atoms with Crippen molar-refractivity contribution in [3.05, 3.63) is 42.2 Å². The molecular formula is C23H31NO5S. The number of rotatable bonds is 7. The molecule has 1 aromatic rings. The van der Waals surface area contributed by atoms with E-state index in [1.54, 1.807) is 25.1 Å². The largest absolute Gasteiger partial charge is 0.495 e. The third-order valence-electron chi connectivity index (χ3n) is 6.27. The van der Waals surface area contributed by atoms with Gasteiger partial charge in [-0.25, -0.2) is 8.42 Å². The first-order chi connectivity index (χ1) is 14.5. The molecule has 0 bridgehead atoms. The van der Waals surface area contributed by atoms with E-state index in [0.717, 1.165) is 18.7 Å². The zero-order chi connectivity index (χ0) is 21.1. The summed E-state index contributed by atoms with van der Waals surface area (Å²) in [6.07, 6.45) is 9.92. The molecule has 0 aromatic heterocycles. The number of hydrogen-bond donors (Lipinski definition) is 0. The Labute approximate surface area is 179 Å². The Bertz CT molecular complexity index is 918. The number of methoxy groups -OCH3 is 1. The Kier molecular flexibility index (Phi) is 6.39. The van der Waals surface area contributed by atoms with Crippen LogP contribution in [-0.2, 0) is 14.6 Å². The van der Waals surface area contributed by atoms with Crippen molar-refractivity contribution >= 4 is 9.84 Å². The molecule has 0 spiro atoms. The minimum Gasteiger partial charge on any atom is -0.495 e. The number of fused-ring (bicyclic) bond motifs is 1. The maximum Gasteiger partial charge on any atom is 0.191 e. The normalized spacial score (nSPS) is 27.8. The molecule has 1 aliphatic carbocycles. The lowest BCUT2D eigenvalue weighted by atomic mass is 9.92. The van der Waals surface area contributed by atoms with Gasteiger partial charge in [0.15, 0.2) is 14.7 Å². The molecule has 3 aliphatic rings. The fraction of sp³-hybridized carbons (Fsp3) is 0.565. The fourth-order valence-electron chi connectivity index (χ4n) is 4.52. The summed E-state index contributed by atoms with van der Waals surface area (Å²) < 4.78 is 43.7. The maximum atomic E-state index is 13.2. The molecule has 0 radical (unpaired) electrons. The SMILES string of the molecule is COc1cccc2c1S(=O)(=O)[C@@H](C)[C@H](C1C=CC(OCCCN3CCCC3)=CC1)O2. The van der Waals surface area contributed by atoms with Crippen LogP contribution in [0, 0.1) is 5.92 Å². The van der Waals surface area contributed by atoms with E-state index in [0.29, 0.717) is 24.5 Å².